The van der Waals surface area contributed by atoms with Crippen LogP contribution in [0.25, 0.3) is 11.1 Å². The van der Waals surface area contributed by atoms with Crippen LogP contribution in [0.2, 0.25) is 0 Å². The van der Waals surface area contributed by atoms with Crippen molar-refractivity contribution in [2.75, 3.05) is 6.26 Å². The normalized spacial score (nSPS) is 14.0. The summed E-state index contributed by atoms with van der Waals surface area (Å²) in [5, 5.41) is 0. The van der Waals surface area contributed by atoms with Gasteiger partial charge in [0.05, 0.1) is 6.33 Å². The number of rotatable bonds is 3. The van der Waals surface area contributed by atoms with E-state index in [1.165, 1.54) is 32.7 Å². The predicted octanol–water partition coefficient (Wildman–Crippen LogP) is 5.43. The highest BCUT2D eigenvalue weighted by Crippen LogP contribution is 2.53. The zero-order chi connectivity index (χ0) is 17.6. The highest BCUT2D eigenvalue weighted by molar-refractivity contribution is 7.98. The monoisotopic (exact) mass is 354 g/mol. The first-order chi connectivity index (χ1) is 12.9. The lowest BCUT2D eigenvalue weighted by molar-refractivity contribution is 0.527. The molecule has 0 amide bonds. The average molecular weight is 354 g/mol. The van der Waals surface area contributed by atoms with Gasteiger partial charge in [-0.05, 0) is 46.2 Å². The van der Waals surface area contributed by atoms with E-state index in [9.17, 15) is 0 Å². The molecule has 0 unspecified atom stereocenters. The molecule has 26 heavy (non-hydrogen) atoms. The Hall–Kier alpha value is -2.78. The molecule has 1 aliphatic rings. The molecule has 3 aromatic carbocycles. The van der Waals surface area contributed by atoms with Gasteiger partial charge < -0.3 is 4.57 Å². The van der Waals surface area contributed by atoms with Crippen LogP contribution in [0.5, 0.6) is 0 Å². The molecule has 1 aromatic heterocycles. The summed E-state index contributed by atoms with van der Waals surface area (Å²) in [6.45, 7) is 0. The average Bonchev–Trinajstić information content (AvgIpc) is 3.34. The summed E-state index contributed by atoms with van der Waals surface area (Å²) in [5.41, 5.74) is 6.06. The second-order valence-electron chi connectivity index (χ2n) is 6.50. The van der Waals surface area contributed by atoms with Crippen LogP contribution in [-0.2, 0) is 5.54 Å². The van der Waals surface area contributed by atoms with Gasteiger partial charge in [0.1, 0.15) is 5.54 Å². The van der Waals surface area contributed by atoms with Crippen molar-refractivity contribution >= 4 is 11.8 Å². The molecule has 0 aliphatic heterocycles. The Bertz CT molecular complexity index is 1020. The molecular formula is C23H18N2S. The van der Waals surface area contributed by atoms with E-state index in [4.69, 9.17) is 0 Å². The van der Waals surface area contributed by atoms with E-state index >= 15 is 0 Å². The first-order valence-corrected chi connectivity index (χ1v) is 9.90. The summed E-state index contributed by atoms with van der Waals surface area (Å²) >= 11 is 1.77. The van der Waals surface area contributed by atoms with Crippen molar-refractivity contribution in [3.63, 3.8) is 0 Å². The van der Waals surface area contributed by atoms with Crippen molar-refractivity contribution in [2.24, 2.45) is 0 Å². The first-order valence-electron chi connectivity index (χ1n) is 8.68. The van der Waals surface area contributed by atoms with Crippen LogP contribution in [0.1, 0.15) is 16.7 Å². The third-order valence-corrected chi connectivity index (χ3v) is 6.07. The van der Waals surface area contributed by atoms with E-state index in [1.54, 1.807) is 11.8 Å². The number of fused-ring (bicyclic) bond motifs is 3. The van der Waals surface area contributed by atoms with Gasteiger partial charge in [-0.25, -0.2) is 4.98 Å². The maximum Gasteiger partial charge on any atom is 0.122 e. The number of nitrogens with zero attached hydrogens (tertiary/aromatic N) is 2. The van der Waals surface area contributed by atoms with Gasteiger partial charge >= 0.3 is 0 Å². The lowest BCUT2D eigenvalue weighted by atomic mass is 9.80. The lowest BCUT2D eigenvalue weighted by Crippen LogP contribution is -2.34. The largest absolute Gasteiger partial charge is 0.319 e. The van der Waals surface area contributed by atoms with Gasteiger partial charge in [0, 0.05) is 17.3 Å². The van der Waals surface area contributed by atoms with Crippen molar-refractivity contribution in [2.45, 2.75) is 10.4 Å². The summed E-state index contributed by atoms with van der Waals surface area (Å²) < 4.78 is 2.24. The molecule has 0 spiro atoms. The quantitative estimate of drug-likeness (QED) is 0.402. The fourth-order valence-electron chi connectivity index (χ4n) is 4.24. The van der Waals surface area contributed by atoms with Crippen LogP contribution in [-0.4, -0.2) is 15.8 Å². The third kappa shape index (κ3) is 1.98. The molecular weight excluding hydrogens is 336 g/mol. The molecule has 1 aliphatic carbocycles. The van der Waals surface area contributed by atoms with E-state index in [1.807, 2.05) is 12.5 Å². The minimum Gasteiger partial charge on any atom is -0.319 e. The Kier molecular flexibility index (Phi) is 3.50. The molecule has 1 heterocycles. The van der Waals surface area contributed by atoms with Gasteiger partial charge in [-0.1, -0.05) is 60.7 Å². The zero-order valence-electron chi connectivity index (χ0n) is 14.5. The predicted molar refractivity (Wildman–Crippen MR) is 108 cm³/mol. The van der Waals surface area contributed by atoms with Crippen molar-refractivity contribution in [3.05, 3.63) is 108 Å². The molecule has 0 saturated heterocycles. The molecule has 126 valence electrons. The van der Waals surface area contributed by atoms with Crippen LogP contribution < -0.4 is 0 Å². The Morgan fingerprint density at radius 3 is 1.96 bits per heavy atom. The number of hydrogen-bond donors (Lipinski definition) is 0. The van der Waals surface area contributed by atoms with Crippen molar-refractivity contribution < 1.29 is 0 Å². The summed E-state index contributed by atoms with van der Waals surface area (Å²) in [5.74, 6) is 0. The van der Waals surface area contributed by atoms with Gasteiger partial charge in [0.15, 0.2) is 0 Å². The topological polar surface area (TPSA) is 17.8 Å². The molecule has 0 fully saturated rings. The molecule has 0 radical (unpaired) electrons. The van der Waals surface area contributed by atoms with E-state index < -0.39 is 0 Å². The van der Waals surface area contributed by atoms with Gasteiger partial charge in [-0.2, -0.15) is 0 Å². The summed E-state index contributed by atoms with van der Waals surface area (Å²) in [4.78, 5) is 5.65. The molecule has 4 aromatic rings. The number of hydrogen-bond acceptors (Lipinski definition) is 2. The molecule has 0 N–H and O–H groups in total. The SMILES string of the molecule is CSc1ccc(C2(n3ccnc3)c3ccccc3-c3ccccc32)cc1. The second-order valence-corrected chi connectivity index (χ2v) is 7.38. The van der Waals surface area contributed by atoms with Gasteiger partial charge in [-0.15, -0.1) is 11.8 Å². The maximum atomic E-state index is 4.38. The molecule has 2 nitrogen and oxygen atoms in total. The summed E-state index contributed by atoms with van der Waals surface area (Å²) in [6.07, 6.45) is 7.98. The van der Waals surface area contributed by atoms with E-state index in [-0.39, 0.29) is 5.54 Å². The Morgan fingerprint density at radius 2 is 1.42 bits per heavy atom. The molecule has 0 saturated carbocycles. The summed E-state index contributed by atoms with van der Waals surface area (Å²) in [7, 11) is 0. The Morgan fingerprint density at radius 1 is 0.808 bits per heavy atom. The van der Waals surface area contributed by atoms with Crippen molar-refractivity contribution in [3.8, 4) is 11.1 Å². The van der Waals surface area contributed by atoms with E-state index in [0.29, 0.717) is 0 Å². The molecule has 0 atom stereocenters. The molecule has 3 heteroatoms. The maximum absolute atomic E-state index is 4.38. The van der Waals surface area contributed by atoms with Crippen LogP contribution in [0.3, 0.4) is 0 Å². The highest BCUT2D eigenvalue weighted by atomic mass is 32.2. The van der Waals surface area contributed by atoms with Crippen LogP contribution in [0.15, 0.2) is 96.4 Å². The van der Waals surface area contributed by atoms with Crippen molar-refractivity contribution in [1.82, 2.24) is 9.55 Å². The van der Waals surface area contributed by atoms with Gasteiger partial charge in [0.25, 0.3) is 0 Å². The zero-order valence-corrected chi connectivity index (χ0v) is 15.3. The fraction of sp³-hybridized carbons (Fsp3) is 0.0870. The summed E-state index contributed by atoms with van der Waals surface area (Å²) in [6, 6.07) is 26.4. The first kappa shape index (κ1) is 15.5. The Balaban J connectivity index is 1.91. The minimum absolute atomic E-state index is 0.388. The Labute approximate surface area is 157 Å². The number of aromatic nitrogens is 2. The second kappa shape index (κ2) is 5.89. The molecule has 5 rings (SSSR count). The van der Waals surface area contributed by atoms with Crippen LogP contribution in [0, 0.1) is 0 Å². The fourth-order valence-corrected chi connectivity index (χ4v) is 4.65. The van der Waals surface area contributed by atoms with E-state index in [2.05, 4.69) is 94.8 Å². The van der Waals surface area contributed by atoms with Crippen LogP contribution in [0.4, 0.5) is 0 Å². The lowest BCUT2D eigenvalue weighted by Gasteiger charge is -2.34. The van der Waals surface area contributed by atoms with Crippen molar-refractivity contribution in [1.29, 1.82) is 0 Å². The van der Waals surface area contributed by atoms with E-state index in [0.717, 1.165) is 0 Å². The molecule has 0 bridgehead atoms. The number of benzene rings is 3. The smallest absolute Gasteiger partial charge is 0.122 e. The number of imidazole rings is 1. The van der Waals surface area contributed by atoms with Gasteiger partial charge in [-0.3, -0.25) is 0 Å². The van der Waals surface area contributed by atoms with Crippen LogP contribution >= 0.6 is 11.8 Å². The standard InChI is InChI=1S/C23H18N2S/c1-26-18-12-10-17(11-13-18)23(25-15-14-24-16-25)21-8-4-2-6-19(21)20-7-3-5-9-22(20)23/h2-16H,1H3. The highest BCUT2D eigenvalue weighted by Gasteiger charge is 2.45. The third-order valence-electron chi connectivity index (χ3n) is 5.32. The number of thioether (sulfide) groups is 1. The minimum atomic E-state index is -0.388. The van der Waals surface area contributed by atoms with Gasteiger partial charge in [0.2, 0.25) is 0 Å².